The summed E-state index contributed by atoms with van der Waals surface area (Å²) in [5.41, 5.74) is 8.85. The lowest BCUT2D eigenvalue weighted by atomic mass is 9.85. The predicted molar refractivity (Wildman–Crippen MR) is 413 cm³/mol. The molecule has 0 spiro atoms. The van der Waals surface area contributed by atoms with Crippen LogP contribution in [0.25, 0.3) is 32.7 Å². The van der Waals surface area contributed by atoms with Gasteiger partial charge < -0.3 is 42.9 Å². The molecule has 12 rings (SSSR count). The van der Waals surface area contributed by atoms with Crippen LogP contribution < -0.4 is 30.9 Å². The van der Waals surface area contributed by atoms with Crippen LogP contribution in [0.3, 0.4) is 0 Å². The van der Waals surface area contributed by atoms with Crippen molar-refractivity contribution in [1.82, 2.24) is 43.4 Å². The number of piperidine rings is 3. The molecule has 0 saturated carbocycles. The van der Waals surface area contributed by atoms with E-state index in [2.05, 4.69) is 15.0 Å². The van der Waals surface area contributed by atoms with Crippen LogP contribution in [0.1, 0.15) is 179 Å². The minimum absolute atomic E-state index is 0.0202. The number of halogens is 9. The van der Waals surface area contributed by atoms with Crippen LogP contribution in [-0.2, 0) is 19.3 Å². The number of likely N-dealkylation sites (tertiary alicyclic amines) is 3. The van der Waals surface area contributed by atoms with Gasteiger partial charge in [-0.2, -0.15) is 39.5 Å². The van der Waals surface area contributed by atoms with Gasteiger partial charge >= 0.3 is 18.5 Å². The summed E-state index contributed by atoms with van der Waals surface area (Å²) in [6.07, 6.45) is -9.87. The maximum Gasteiger partial charge on any atom is 0.404 e. The van der Waals surface area contributed by atoms with Crippen LogP contribution >= 0.6 is 0 Å². The van der Waals surface area contributed by atoms with Crippen molar-refractivity contribution in [2.75, 3.05) is 62.1 Å². The van der Waals surface area contributed by atoms with Crippen LogP contribution in [0.5, 0.6) is 17.2 Å². The van der Waals surface area contributed by atoms with Gasteiger partial charge in [-0.25, -0.2) is 0 Å². The maximum absolute atomic E-state index is 13.7. The standard InChI is InChI=1S/3C28H34F3N3O3/c3*1-16-14-24(37-5)21(27(36)32-16)10-11-23(35)26-18(3)34(22-9-7-6-8-20(22)26)17(2)19-12-13-33(4)25(15-19)28(29,30)31/h3*6-9,14,17,19,25H,10-13,15H2,1-5H3,(H,32,36). The van der Waals surface area contributed by atoms with E-state index >= 15 is 0 Å². The number of nitrogens with zero attached hydrogens (tertiary/aromatic N) is 6. The molecule has 9 aromatic rings. The zero-order valence-electron chi connectivity index (χ0n) is 65.7. The second-order valence-electron chi connectivity index (χ2n) is 30.5. The van der Waals surface area contributed by atoms with E-state index in [0.29, 0.717) is 107 Å². The van der Waals surface area contributed by atoms with E-state index in [0.717, 1.165) is 49.8 Å². The molecule has 3 aliphatic heterocycles. The molecule has 6 aromatic heterocycles. The fourth-order valence-electron chi connectivity index (χ4n) is 17.6. The van der Waals surface area contributed by atoms with E-state index in [1.807, 2.05) is 128 Å². The molecule has 3 fully saturated rings. The third-order valence-corrected chi connectivity index (χ3v) is 23.6. The molecule has 3 aromatic carbocycles. The van der Waals surface area contributed by atoms with E-state index in [1.165, 1.54) is 57.2 Å². The van der Waals surface area contributed by atoms with E-state index in [9.17, 15) is 68.3 Å². The van der Waals surface area contributed by atoms with Gasteiger partial charge in [0.1, 0.15) is 35.4 Å². The number of aryl methyl sites for hydroxylation is 3. The summed E-state index contributed by atoms with van der Waals surface area (Å²) in [5, 5.41) is 2.34. The van der Waals surface area contributed by atoms with Gasteiger partial charge in [0, 0.05) is 121 Å². The first-order valence-electron chi connectivity index (χ1n) is 37.8. The van der Waals surface area contributed by atoms with Crippen molar-refractivity contribution < 1.29 is 68.1 Å². The Morgan fingerprint density at radius 3 is 0.874 bits per heavy atom. The van der Waals surface area contributed by atoms with Crippen molar-refractivity contribution in [3.05, 3.63) is 190 Å². The SMILES string of the molecule is COc1cc(C)[nH]c(=O)c1CCC(=O)c1c(C)n(C(C)C2CCN(C)C(C(F)(F)F)C2)c2ccccc12.COc1cc(C)[nH]c(=O)c1CCC(=O)c1c(C)n(C(C)C2CCN(C)C(C(F)(F)F)C2)c2ccccc12.COc1cc(C)[nH]c(=O)c1CCC(=O)c1c(C)n(C(C)C2CCN(C)C(C(F)(F)F)C2)c2ccccc12. The van der Waals surface area contributed by atoms with E-state index in [4.69, 9.17) is 14.2 Å². The first-order valence-corrected chi connectivity index (χ1v) is 37.8. The van der Waals surface area contributed by atoms with Crippen molar-refractivity contribution in [3.63, 3.8) is 0 Å². The highest BCUT2D eigenvalue weighted by molar-refractivity contribution is 6.11. The normalized spacial score (nSPS) is 19.8. The second-order valence-corrected chi connectivity index (χ2v) is 30.5. The molecule has 0 radical (unpaired) electrons. The van der Waals surface area contributed by atoms with E-state index < -0.39 is 36.7 Å². The molecule has 3 saturated heterocycles. The molecule has 111 heavy (non-hydrogen) atoms. The van der Waals surface area contributed by atoms with Crippen LogP contribution in [0.15, 0.2) is 105 Å². The van der Waals surface area contributed by atoms with Gasteiger partial charge in [0.05, 0.1) is 38.0 Å². The van der Waals surface area contributed by atoms with Crippen LogP contribution in [-0.4, -0.2) is 159 Å². The summed E-state index contributed by atoms with van der Waals surface area (Å²) in [4.78, 5) is 90.6. The summed E-state index contributed by atoms with van der Waals surface area (Å²) < 4.78 is 145. The first kappa shape index (κ1) is 84.2. The minimum Gasteiger partial charge on any atom is -0.496 e. The van der Waals surface area contributed by atoms with Crippen molar-refractivity contribution in [2.24, 2.45) is 17.8 Å². The van der Waals surface area contributed by atoms with Gasteiger partial charge in [0.15, 0.2) is 17.3 Å². The largest absolute Gasteiger partial charge is 0.496 e. The molecular weight excluding hydrogens is 1450 g/mol. The van der Waals surface area contributed by atoms with Crippen molar-refractivity contribution in [2.45, 2.75) is 194 Å². The van der Waals surface area contributed by atoms with E-state index in [1.54, 1.807) is 39.0 Å². The van der Waals surface area contributed by atoms with Crippen molar-refractivity contribution >= 4 is 50.1 Å². The smallest absolute Gasteiger partial charge is 0.404 e. The zero-order chi connectivity index (χ0) is 81.2. The molecule has 600 valence electrons. The van der Waals surface area contributed by atoms with Crippen molar-refractivity contribution in [3.8, 4) is 17.2 Å². The Labute approximate surface area is 639 Å². The number of nitrogens with one attached hydrogen (secondary N) is 3. The number of hydrogen-bond donors (Lipinski definition) is 3. The van der Waals surface area contributed by atoms with Crippen LogP contribution in [0, 0.1) is 59.3 Å². The quantitative estimate of drug-likeness (QED) is 0.0454. The number of carbonyl (C=O) groups excluding carboxylic acids is 3. The molecule has 9 heterocycles. The number of carbonyl (C=O) groups is 3. The molecular formula is C84H102F9N9O9. The number of fused-ring (bicyclic) bond motifs is 3. The van der Waals surface area contributed by atoms with Crippen LogP contribution in [0.2, 0.25) is 0 Å². The molecule has 0 aliphatic carbocycles. The van der Waals surface area contributed by atoms with Gasteiger partial charge in [-0.15, -0.1) is 0 Å². The lowest BCUT2D eigenvalue weighted by Crippen LogP contribution is -2.49. The number of Topliss-reactive ketones (excluding diaryl/α,β-unsaturated/α-hetero) is 3. The Hall–Kier alpha value is -9.21. The average Bonchev–Trinajstić information content (AvgIpc) is 1.62. The highest BCUT2D eigenvalue weighted by Crippen LogP contribution is 2.45. The van der Waals surface area contributed by atoms with Crippen molar-refractivity contribution in [1.29, 1.82) is 0 Å². The Morgan fingerprint density at radius 2 is 0.649 bits per heavy atom. The molecule has 18 nitrogen and oxygen atoms in total. The second kappa shape index (κ2) is 34.4. The summed E-state index contributed by atoms with van der Waals surface area (Å²) in [6, 6.07) is 22.7. The highest BCUT2D eigenvalue weighted by atomic mass is 19.4. The number of rotatable bonds is 21. The fraction of sp³-hybridized carbons (Fsp3) is 0.500. The molecule has 0 amide bonds. The minimum atomic E-state index is -4.28. The average molecular weight is 1550 g/mol. The number of benzene rings is 3. The maximum atomic E-state index is 13.7. The predicted octanol–water partition coefficient (Wildman–Crippen LogP) is 16.8. The number of H-pyrrole nitrogens is 3. The summed E-state index contributed by atoms with van der Waals surface area (Å²) in [5.74, 6) is 0.451. The van der Waals surface area contributed by atoms with E-state index in [-0.39, 0.29) is 128 Å². The number of pyridine rings is 3. The Morgan fingerprint density at radius 1 is 0.414 bits per heavy atom. The lowest BCUT2D eigenvalue weighted by molar-refractivity contribution is -0.193. The van der Waals surface area contributed by atoms with Gasteiger partial charge in [-0.3, -0.25) is 43.5 Å². The Bertz CT molecular complexity index is 4570. The topological polar surface area (TPSA) is 202 Å². The number of methoxy groups -OCH3 is 3. The third kappa shape index (κ3) is 18.0. The number of hydrogen-bond acceptors (Lipinski definition) is 12. The number of ether oxygens (including phenoxy) is 3. The molecule has 3 aliphatic rings. The first-order chi connectivity index (χ1) is 52.3. The Balaban J connectivity index is 0.000000177. The molecule has 3 N–H and O–H groups in total. The number of aromatic amines is 3. The molecule has 9 atom stereocenters. The number of para-hydroxylation sites is 3. The lowest BCUT2D eigenvalue weighted by Gasteiger charge is -2.40. The number of aromatic nitrogens is 6. The number of ketones is 3. The summed E-state index contributed by atoms with van der Waals surface area (Å²) >= 11 is 0. The third-order valence-electron chi connectivity index (χ3n) is 23.6. The van der Waals surface area contributed by atoms with Gasteiger partial charge in [0.25, 0.3) is 16.7 Å². The summed E-state index contributed by atoms with van der Waals surface area (Å²) in [6.45, 7) is 17.8. The number of alkyl halides is 9. The van der Waals surface area contributed by atoms with Crippen LogP contribution in [0.4, 0.5) is 39.5 Å². The monoisotopic (exact) mass is 1550 g/mol. The zero-order valence-corrected chi connectivity index (χ0v) is 65.7. The Kier molecular flexibility index (Phi) is 26.1. The molecule has 9 unspecified atom stereocenters. The molecule has 0 bridgehead atoms. The summed E-state index contributed by atoms with van der Waals surface area (Å²) in [7, 11) is 9.06. The van der Waals surface area contributed by atoms with Gasteiger partial charge in [-0.1, -0.05) is 54.6 Å². The fourth-order valence-corrected chi connectivity index (χ4v) is 17.6. The highest BCUT2D eigenvalue weighted by Gasteiger charge is 2.50. The molecule has 27 heteroatoms. The van der Waals surface area contributed by atoms with Gasteiger partial charge in [0.2, 0.25) is 0 Å². The van der Waals surface area contributed by atoms with Gasteiger partial charge in [-0.05, 0) is 215 Å².